The summed E-state index contributed by atoms with van der Waals surface area (Å²) < 4.78 is 25.3. The zero-order valence-corrected chi connectivity index (χ0v) is 27.9. The van der Waals surface area contributed by atoms with Crippen molar-refractivity contribution in [1.29, 1.82) is 0 Å². The van der Waals surface area contributed by atoms with Crippen LogP contribution in [0.1, 0.15) is 50.3 Å². The number of aryl methyl sites for hydroxylation is 1. The lowest BCUT2D eigenvalue weighted by atomic mass is 10.0. The summed E-state index contributed by atoms with van der Waals surface area (Å²) in [6.45, 7) is 12.5. The van der Waals surface area contributed by atoms with Gasteiger partial charge in [-0.15, -0.1) is 0 Å². The predicted molar refractivity (Wildman–Crippen MR) is 182 cm³/mol. The molecule has 2 aliphatic rings. The molecule has 1 aromatic heterocycles. The maximum atomic E-state index is 13.5. The molecular formula is C38H45N3O6. The highest BCUT2D eigenvalue weighted by atomic mass is 16.6. The van der Waals surface area contributed by atoms with E-state index in [1.54, 1.807) is 6.07 Å². The molecular weight excluding hydrogens is 594 g/mol. The second-order valence-electron chi connectivity index (χ2n) is 13.4. The average Bonchev–Trinajstić information content (AvgIpc) is 3.06. The first-order valence-corrected chi connectivity index (χ1v) is 16.5. The van der Waals surface area contributed by atoms with Gasteiger partial charge in [-0.05, 0) is 81.5 Å². The predicted octanol–water partition coefficient (Wildman–Crippen LogP) is 6.56. The molecule has 0 atom stereocenters. The number of hydrogen-bond donors (Lipinski definition) is 0. The van der Waals surface area contributed by atoms with E-state index in [2.05, 4.69) is 4.90 Å². The Morgan fingerprint density at radius 2 is 1.64 bits per heavy atom. The van der Waals surface area contributed by atoms with Gasteiger partial charge < -0.3 is 33.3 Å². The Morgan fingerprint density at radius 3 is 2.38 bits per heavy atom. The van der Waals surface area contributed by atoms with Crippen molar-refractivity contribution >= 4 is 17.0 Å². The maximum absolute atomic E-state index is 13.5. The highest BCUT2D eigenvalue weighted by Gasteiger charge is 2.31. The molecule has 3 aromatic carbocycles. The quantitative estimate of drug-likeness (QED) is 0.205. The second-order valence-corrected chi connectivity index (χ2v) is 13.4. The first kappa shape index (κ1) is 32.4. The molecule has 1 fully saturated rings. The smallest absolute Gasteiger partial charge is 0.410 e. The van der Waals surface area contributed by atoms with Gasteiger partial charge in [-0.3, -0.25) is 4.79 Å². The van der Waals surface area contributed by atoms with Gasteiger partial charge in [-0.1, -0.05) is 36.4 Å². The lowest BCUT2D eigenvalue weighted by molar-refractivity contribution is 0.00562. The van der Waals surface area contributed by atoms with Crippen molar-refractivity contribution in [1.82, 2.24) is 14.4 Å². The Morgan fingerprint density at radius 1 is 0.894 bits per heavy atom. The van der Waals surface area contributed by atoms with Gasteiger partial charge >= 0.3 is 6.09 Å². The maximum Gasteiger partial charge on any atom is 0.410 e. The van der Waals surface area contributed by atoms with Crippen molar-refractivity contribution in [3.63, 3.8) is 0 Å². The molecule has 0 aliphatic carbocycles. The number of nitrogens with zero attached hydrogens (tertiary/aromatic N) is 3. The zero-order valence-electron chi connectivity index (χ0n) is 27.9. The molecule has 1 saturated heterocycles. The summed E-state index contributed by atoms with van der Waals surface area (Å²) in [6.07, 6.45) is 1.31. The van der Waals surface area contributed by atoms with Gasteiger partial charge in [0.1, 0.15) is 31.2 Å². The van der Waals surface area contributed by atoms with E-state index in [0.29, 0.717) is 38.7 Å². The molecule has 4 aromatic rings. The van der Waals surface area contributed by atoms with Gasteiger partial charge in [0, 0.05) is 56.3 Å². The molecule has 0 saturated carbocycles. The summed E-state index contributed by atoms with van der Waals surface area (Å²) in [5, 5.41) is 1.04. The Hall–Kier alpha value is -4.50. The summed E-state index contributed by atoms with van der Waals surface area (Å²) in [4.78, 5) is 31.0. The van der Waals surface area contributed by atoms with E-state index in [1.165, 1.54) is 0 Å². The van der Waals surface area contributed by atoms with Crippen molar-refractivity contribution < 1.29 is 23.7 Å². The topological polar surface area (TPSA) is 82.5 Å². The number of aromatic nitrogens is 1. The van der Waals surface area contributed by atoms with E-state index in [-0.39, 0.29) is 17.7 Å². The van der Waals surface area contributed by atoms with Crippen LogP contribution in [0, 0.1) is 6.92 Å². The van der Waals surface area contributed by atoms with Crippen LogP contribution in [-0.4, -0.2) is 65.0 Å². The van der Waals surface area contributed by atoms with E-state index in [4.69, 9.17) is 18.9 Å². The van der Waals surface area contributed by atoms with Gasteiger partial charge in [0.15, 0.2) is 11.5 Å². The fraction of sp³-hybridized carbons (Fsp3) is 0.421. The summed E-state index contributed by atoms with van der Waals surface area (Å²) in [7, 11) is 0. The molecule has 0 bridgehead atoms. The Balaban J connectivity index is 1.12. The highest BCUT2D eigenvalue weighted by Crippen LogP contribution is 2.32. The van der Waals surface area contributed by atoms with E-state index >= 15 is 0 Å². The SMILES string of the molecule is Cc1cc(=O)n(CCN2CCC(N(Cc3ccc4c(c3)OCCO4)C(=O)OC(C)(C)C)CC2)c2cc(OCc3ccccc3)ccc12. The molecule has 2 aliphatic heterocycles. The largest absolute Gasteiger partial charge is 0.489 e. The molecule has 0 spiro atoms. The second kappa shape index (κ2) is 14.1. The number of piperidine rings is 1. The van der Waals surface area contributed by atoms with Gasteiger partial charge in [0.05, 0.1) is 5.52 Å². The van der Waals surface area contributed by atoms with Crippen LogP contribution in [0.3, 0.4) is 0 Å². The Bertz CT molecular complexity index is 1760. The summed E-state index contributed by atoms with van der Waals surface area (Å²) in [5.74, 6) is 2.18. The van der Waals surface area contributed by atoms with Crippen molar-refractivity contribution in [3.8, 4) is 17.2 Å². The molecule has 248 valence electrons. The van der Waals surface area contributed by atoms with Gasteiger partial charge in [-0.25, -0.2) is 4.79 Å². The first-order chi connectivity index (χ1) is 22.6. The van der Waals surface area contributed by atoms with Crippen molar-refractivity contribution in [2.24, 2.45) is 0 Å². The molecule has 47 heavy (non-hydrogen) atoms. The molecule has 9 heteroatoms. The Labute approximate surface area is 276 Å². The zero-order chi connectivity index (χ0) is 33.0. The number of pyridine rings is 1. The van der Waals surface area contributed by atoms with Crippen LogP contribution in [0.4, 0.5) is 4.79 Å². The third kappa shape index (κ3) is 8.08. The highest BCUT2D eigenvalue weighted by molar-refractivity contribution is 5.83. The van der Waals surface area contributed by atoms with Gasteiger partial charge in [0.25, 0.3) is 5.56 Å². The van der Waals surface area contributed by atoms with Crippen LogP contribution in [0.25, 0.3) is 10.9 Å². The van der Waals surface area contributed by atoms with Crippen LogP contribution in [0.2, 0.25) is 0 Å². The van der Waals surface area contributed by atoms with Crippen molar-refractivity contribution in [3.05, 3.63) is 99.8 Å². The van der Waals surface area contributed by atoms with Crippen LogP contribution >= 0.6 is 0 Å². The van der Waals surface area contributed by atoms with E-state index in [0.717, 1.165) is 71.6 Å². The van der Waals surface area contributed by atoms with Crippen LogP contribution in [0.5, 0.6) is 17.2 Å². The molecule has 0 radical (unpaired) electrons. The molecule has 9 nitrogen and oxygen atoms in total. The summed E-state index contributed by atoms with van der Waals surface area (Å²) in [5.41, 5.74) is 3.29. The lowest BCUT2D eigenvalue weighted by Gasteiger charge is -2.39. The number of rotatable bonds is 9. The van der Waals surface area contributed by atoms with Crippen LogP contribution < -0.4 is 19.8 Å². The van der Waals surface area contributed by atoms with E-state index in [9.17, 15) is 9.59 Å². The number of amides is 1. The minimum Gasteiger partial charge on any atom is -0.489 e. The number of fused-ring (bicyclic) bond motifs is 2. The third-order valence-corrected chi connectivity index (χ3v) is 8.76. The number of ether oxygens (including phenoxy) is 4. The summed E-state index contributed by atoms with van der Waals surface area (Å²) in [6, 6.07) is 23.7. The minimum absolute atomic E-state index is 0.0133. The normalized spacial score (nSPS) is 15.4. The molecule has 0 N–H and O–H groups in total. The number of benzene rings is 3. The fourth-order valence-electron chi connectivity index (χ4n) is 6.33. The van der Waals surface area contributed by atoms with E-state index in [1.807, 2.05) is 104 Å². The molecule has 0 unspecified atom stereocenters. The number of carbonyl (C=O) groups excluding carboxylic acids is 1. The third-order valence-electron chi connectivity index (χ3n) is 8.76. The Kier molecular flexibility index (Phi) is 9.73. The number of carbonyl (C=O) groups is 1. The van der Waals surface area contributed by atoms with Gasteiger partial charge in [-0.2, -0.15) is 0 Å². The minimum atomic E-state index is -0.598. The van der Waals surface area contributed by atoms with Crippen LogP contribution in [0.15, 0.2) is 77.6 Å². The lowest BCUT2D eigenvalue weighted by Crippen LogP contribution is -2.49. The van der Waals surface area contributed by atoms with Gasteiger partial charge in [0.2, 0.25) is 0 Å². The average molecular weight is 640 g/mol. The number of likely N-dealkylation sites (tertiary alicyclic amines) is 1. The summed E-state index contributed by atoms with van der Waals surface area (Å²) >= 11 is 0. The van der Waals surface area contributed by atoms with Crippen LogP contribution in [-0.2, 0) is 24.4 Å². The van der Waals surface area contributed by atoms with Crippen molar-refractivity contribution in [2.45, 2.75) is 71.9 Å². The number of hydrogen-bond acceptors (Lipinski definition) is 7. The molecule has 1 amide bonds. The first-order valence-electron chi connectivity index (χ1n) is 16.5. The van der Waals surface area contributed by atoms with Crippen molar-refractivity contribution in [2.75, 3.05) is 32.8 Å². The molecule has 3 heterocycles. The monoisotopic (exact) mass is 639 g/mol. The fourth-order valence-corrected chi connectivity index (χ4v) is 6.33. The molecule has 6 rings (SSSR count). The standard InChI is InChI=1S/C38H45N3O6/c1-27-22-36(42)40(33-24-31(11-12-32(27)33)46-26-28-8-6-5-7-9-28)19-18-39-16-14-30(15-17-39)41(37(43)47-38(2,3)4)25-29-10-13-34-35(23-29)45-21-20-44-34/h5-13,22-24,30H,14-21,25-26H2,1-4H3. The van der Waals surface area contributed by atoms with E-state index < -0.39 is 5.60 Å².